The van der Waals surface area contributed by atoms with E-state index in [1.54, 1.807) is 36.4 Å². The number of amides is 2. The van der Waals surface area contributed by atoms with Crippen LogP contribution in [0.4, 0.5) is 11.4 Å². The number of ether oxygens (including phenoxy) is 3. The molecular formula is C30H36N2O5. The Balaban J connectivity index is 1.77. The molecule has 7 nitrogen and oxygen atoms in total. The van der Waals surface area contributed by atoms with Gasteiger partial charge in [-0.1, -0.05) is 39.0 Å². The summed E-state index contributed by atoms with van der Waals surface area (Å²) in [6, 6.07) is 17.9. The van der Waals surface area contributed by atoms with Gasteiger partial charge in [0.05, 0.1) is 19.8 Å². The standard InChI is InChI=1S/C30H36N2O5/c1-7-35-25-17-21(18-26(36-8-2)27(25)37-9-3)29(34)32-24-12-10-11-23(19-24)31-28(33)20-13-15-22(16-14-20)30(4,5)6/h10-19H,7-9H2,1-6H3,(H,31,33)(H,32,34). The van der Waals surface area contributed by atoms with Crippen molar-refractivity contribution in [1.29, 1.82) is 0 Å². The van der Waals surface area contributed by atoms with Gasteiger partial charge in [-0.3, -0.25) is 9.59 Å². The molecular weight excluding hydrogens is 468 g/mol. The molecule has 0 aromatic heterocycles. The van der Waals surface area contributed by atoms with Gasteiger partial charge in [0.15, 0.2) is 11.5 Å². The van der Waals surface area contributed by atoms with E-state index in [1.165, 1.54) is 0 Å². The first-order valence-electron chi connectivity index (χ1n) is 12.6. The van der Waals surface area contributed by atoms with Gasteiger partial charge in [-0.15, -0.1) is 0 Å². The predicted molar refractivity (Wildman–Crippen MR) is 147 cm³/mol. The minimum Gasteiger partial charge on any atom is -0.490 e. The number of hydrogen-bond donors (Lipinski definition) is 2. The first kappa shape index (κ1) is 27.6. The Morgan fingerprint density at radius 2 is 1.16 bits per heavy atom. The fraction of sp³-hybridized carbons (Fsp3) is 0.333. The van der Waals surface area contributed by atoms with Crippen LogP contribution in [0.15, 0.2) is 60.7 Å². The van der Waals surface area contributed by atoms with Crippen LogP contribution >= 0.6 is 0 Å². The van der Waals surface area contributed by atoms with Crippen LogP contribution < -0.4 is 24.8 Å². The lowest BCUT2D eigenvalue weighted by Gasteiger charge is -2.19. The average Bonchev–Trinajstić information content (AvgIpc) is 2.86. The Labute approximate surface area is 219 Å². The van der Waals surface area contributed by atoms with E-state index in [4.69, 9.17) is 14.2 Å². The summed E-state index contributed by atoms with van der Waals surface area (Å²) >= 11 is 0. The second-order valence-electron chi connectivity index (χ2n) is 9.42. The predicted octanol–water partition coefficient (Wildman–Crippen LogP) is 6.68. The van der Waals surface area contributed by atoms with Gasteiger partial charge in [0.2, 0.25) is 5.75 Å². The molecule has 0 aliphatic rings. The van der Waals surface area contributed by atoms with Crippen molar-refractivity contribution in [3.63, 3.8) is 0 Å². The second kappa shape index (κ2) is 12.3. The van der Waals surface area contributed by atoms with E-state index in [1.807, 2.05) is 45.0 Å². The lowest BCUT2D eigenvalue weighted by atomic mass is 9.87. The number of hydrogen-bond acceptors (Lipinski definition) is 5. The summed E-state index contributed by atoms with van der Waals surface area (Å²) in [5.41, 5.74) is 3.20. The molecule has 0 aliphatic carbocycles. The van der Waals surface area contributed by atoms with Crippen LogP contribution in [-0.2, 0) is 5.41 Å². The van der Waals surface area contributed by atoms with E-state index >= 15 is 0 Å². The minimum absolute atomic E-state index is 0.0117. The zero-order chi connectivity index (χ0) is 27.0. The third-order valence-electron chi connectivity index (χ3n) is 5.56. The first-order chi connectivity index (χ1) is 17.7. The zero-order valence-corrected chi connectivity index (χ0v) is 22.4. The number of rotatable bonds is 10. The van der Waals surface area contributed by atoms with Gasteiger partial charge in [-0.2, -0.15) is 0 Å². The van der Waals surface area contributed by atoms with Crippen LogP contribution in [0.2, 0.25) is 0 Å². The van der Waals surface area contributed by atoms with E-state index in [9.17, 15) is 9.59 Å². The topological polar surface area (TPSA) is 85.9 Å². The molecule has 0 saturated carbocycles. The molecule has 3 rings (SSSR count). The van der Waals surface area contributed by atoms with Gasteiger partial charge in [-0.25, -0.2) is 0 Å². The summed E-state index contributed by atoms with van der Waals surface area (Å²) in [5.74, 6) is 0.797. The third kappa shape index (κ3) is 7.26. The van der Waals surface area contributed by atoms with Gasteiger partial charge in [0.25, 0.3) is 11.8 Å². The number of anilines is 2. The van der Waals surface area contributed by atoms with Crippen molar-refractivity contribution in [3.8, 4) is 17.2 Å². The molecule has 0 saturated heterocycles. The van der Waals surface area contributed by atoms with Crippen molar-refractivity contribution in [2.24, 2.45) is 0 Å². The van der Waals surface area contributed by atoms with Crippen molar-refractivity contribution in [2.45, 2.75) is 47.0 Å². The van der Waals surface area contributed by atoms with E-state index in [-0.39, 0.29) is 17.2 Å². The van der Waals surface area contributed by atoms with Gasteiger partial charge < -0.3 is 24.8 Å². The van der Waals surface area contributed by atoms with Gasteiger partial charge in [-0.05, 0) is 74.2 Å². The van der Waals surface area contributed by atoms with Crippen LogP contribution in [0.1, 0.15) is 67.8 Å². The van der Waals surface area contributed by atoms with E-state index < -0.39 is 0 Å². The van der Waals surface area contributed by atoms with E-state index in [2.05, 4.69) is 31.4 Å². The highest BCUT2D eigenvalue weighted by Crippen LogP contribution is 2.39. The first-order valence-corrected chi connectivity index (χ1v) is 12.6. The third-order valence-corrected chi connectivity index (χ3v) is 5.56. The Kier molecular flexibility index (Phi) is 9.17. The Morgan fingerprint density at radius 1 is 0.676 bits per heavy atom. The molecule has 0 fully saturated rings. The molecule has 2 amide bonds. The highest BCUT2D eigenvalue weighted by Gasteiger charge is 2.19. The smallest absolute Gasteiger partial charge is 0.255 e. The summed E-state index contributed by atoms with van der Waals surface area (Å²) in [4.78, 5) is 25.9. The lowest BCUT2D eigenvalue weighted by Crippen LogP contribution is -2.15. The molecule has 3 aromatic rings. The number of nitrogens with one attached hydrogen (secondary N) is 2. The van der Waals surface area contributed by atoms with Crippen molar-refractivity contribution >= 4 is 23.2 Å². The summed E-state index contributed by atoms with van der Waals surface area (Å²) in [5, 5.41) is 5.78. The maximum absolute atomic E-state index is 13.1. The van der Waals surface area contributed by atoms with E-state index in [0.29, 0.717) is 59.6 Å². The summed E-state index contributed by atoms with van der Waals surface area (Å²) in [6.07, 6.45) is 0. The van der Waals surface area contributed by atoms with Crippen LogP contribution in [0.5, 0.6) is 17.2 Å². The number of carbonyl (C=O) groups excluding carboxylic acids is 2. The molecule has 2 N–H and O–H groups in total. The van der Waals surface area contributed by atoms with Crippen molar-refractivity contribution in [1.82, 2.24) is 0 Å². The Morgan fingerprint density at radius 3 is 1.62 bits per heavy atom. The van der Waals surface area contributed by atoms with Gasteiger partial charge in [0, 0.05) is 22.5 Å². The van der Waals surface area contributed by atoms with Crippen LogP contribution in [-0.4, -0.2) is 31.6 Å². The maximum Gasteiger partial charge on any atom is 0.255 e. The number of carbonyl (C=O) groups is 2. The second-order valence-corrected chi connectivity index (χ2v) is 9.42. The highest BCUT2D eigenvalue weighted by atomic mass is 16.5. The zero-order valence-electron chi connectivity index (χ0n) is 22.4. The van der Waals surface area contributed by atoms with Gasteiger partial charge >= 0.3 is 0 Å². The molecule has 0 atom stereocenters. The Bertz CT molecular complexity index is 1200. The molecule has 0 radical (unpaired) electrons. The van der Waals surface area contributed by atoms with Crippen molar-refractivity contribution in [2.75, 3.05) is 30.5 Å². The van der Waals surface area contributed by atoms with Crippen LogP contribution in [0, 0.1) is 0 Å². The molecule has 37 heavy (non-hydrogen) atoms. The van der Waals surface area contributed by atoms with Gasteiger partial charge in [0.1, 0.15) is 0 Å². The highest BCUT2D eigenvalue weighted by molar-refractivity contribution is 6.07. The SMILES string of the molecule is CCOc1cc(C(=O)Nc2cccc(NC(=O)c3ccc(C(C)(C)C)cc3)c2)cc(OCC)c1OCC. The molecule has 0 heterocycles. The summed E-state index contributed by atoms with van der Waals surface area (Å²) < 4.78 is 17.1. The van der Waals surface area contributed by atoms with Crippen molar-refractivity contribution in [3.05, 3.63) is 77.4 Å². The maximum atomic E-state index is 13.1. The molecule has 0 unspecified atom stereocenters. The molecule has 0 aliphatic heterocycles. The van der Waals surface area contributed by atoms with Crippen LogP contribution in [0.25, 0.3) is 0 Å². The lowest BCUT2D eigenvalue weighted by molar-refractivity contribution is 0.101. The summed E-state index contributed by atoms with van der Waals surface area (Å²) in [7, 11) is 0. The molecule has 0 bridgehead atoms. The summed E-state index contributed by atoms with van der Waals surface area (Å²) in [6.45, 7) is 13.3. The molecule has 7 heteroatoms. The Hall–Kier alpha value is -4.00. The quantitative estimate of drug-likeness (QED) is 0.321. The monoisotopic (exact) mass is 504 g/mol. The number of benzene rings is 3. The average molecular weight is 505 g/mol. The fourth-order valence-corrected chi connectivity index (χ4v) is 3.72. The van der Waals surface area contributed by atoms with E-state index in [0.717, 1.165) is 5.56 Å². The normalized spacial score (nSPS) is 11.0. The van der Waals surface area contributed by atoms with Crippen LogP contribution in [0.3, 0.4) is 0 Å². The largest absolute Gasteiger partial charge is 0.490 e. The fourth-order valence-electron chi connectivity index (χ4n) is 3.72. The van der Waals surface area contributed by atoms with Crippen molar-refractivity contribution < 1.29 is 23.8 Å². The molecule has 196 valence electrons. The molecule has 0 spiro atoms. The minimum atomic E-state index is -0.341. The molecule has 3 aromatic carbocycles.